The van der Waals surface area contributed by atoms with Crippen LogP contribution in [0.15, 0.2) is 10.4 Å². The lowest BCUT2D eigenvalue weighted by molar-refractivity contribution is 0.908. The average Bonchev–Trinajstić information content (AvgIpc) is 2.37. The second-order valence-corrected chi connectivity index (χ2v) is 4.25. The Morgan fingerprint density at radius 1 is 1.70 bits per heavy atom. The zero-order valence-electron chi connectivity index (χ0n) is 6.26. The standard InChI is InChI=1S/C7H11NS2/c1-3-4-6-8-5-7(9-2)10-6/h5H,3-4H2,1-2H3. The van der Waals surface area contributed by atoms with E-state index in [-0.39, 0.29) is 0 Å². The van der Waals surface area contributed by atoms with Crippen LogP contribution in [0.2, 0.25) is 0 Å². The number of aryl methyl sites for hydroxylation is 1. The fourth-order valence-corrected chi connectivity index (χ4v) is 2.25. The van der Waals surface area contributed by atoms with E-state index in [0.29, 0.717) is 0 Å². The largest absolute Gasteiger partial charge is 0.248 e. The first-order valence-electron chi connectivity index (χ1n) is 3.35. The predicted octanol–water partition coefficient (Wildman–Crippen LogP) is 2.82. The lowest BCUT2D eigenvalue weighted by Crippen LogP contribution is -1.76. The van der Waals surface area contributed by atoms with Gasteiger partial charge >= 0.3 is 0 Å². The van der Waals surface area contributed by atoms with Crippen molar-refractivity contribution in [3.63, 3.8) is 0 Å². The topological polar surface area (TPSA) is 12.9 Å². The summed E-state index contributed by atoms with van der Waals surface area (Å²) in [5, 5.41) is 1.27. The number of hydrogen-bond acceptors (Lipinski definition) is 3. The maximum absolute atomic E-state index is 4.27. The highest BCUT2D eigenvalue weighted by Crippen LogP contribution is 2.22. The first kappa shape index (κ1) is 8.08. The van der Waals surface area contributed by atoms with Gasteiger partial charge in [0.1, 0.15) is 0 Å². The molecule has 0 N–H and O–H groups in total. The molecule has 0 saturated carbocycles. The molecule has 10 heavy (non-hydrogen) atoms. The summed E-state index contributed by atoms with van der Waals surface area (Å²) in [4.78, 5) is 4.27. The van der Waals surface area contributed by atoms with Crippen LogP contribution in [0.3, 0.4) is 0 Å². The molecule has 0 spiro atoms. The van der Waals surface area contributed by atoms with Crippen molar-refractivity contribution in [2.75, 3.05) is 6.26 Å². The molecule has 1 aromatic rings. The highest BCUT2D eigenvalue weighted by molar-refractivity contribution is 8.00. The SMILES string of the molecule is CCCc1ncc(SC)s1. The molecule has 0 aliphatic rings. The molecule has 0 fully saturated rings. The Labute approximate surface area is 69.9 Å². The summed E-state index contributed by atoms with van der Waals surface area (Å²) in [7, 11) is 0. The lowest BCUT2D eigenvalue weighted by Gasteiger charge is -1.86. The Morgan fingerprint density at radius 3 is 3.00 bits per heavy atom. The van der Waals surface area contributed by atoms with Crippen LogP contribution in [0.4, 0.5) is 0 Å². The van der Waals surface area contributed by atoms with Crippen LogP contribution in [-0.4, -0.2) is 11.2 Å². The van der Waals surface area contributed by atoms with Gasteiger partial charge in [0.2, 0.25) is 0 Å². The molecule has 0 amide bonds. The van der Waals surface area contributed by atoms with Gasteiger partial charge in [0.15, 0.2) is 0 Å². The second kappa shape index (κ2) is 3.98. The number of rotatable bonds is 3. The molecule has 56 valence electrons. The lowest BCUT2D eigenvalue weighted by atomic mass is 10.4. The molecule has 0 saturated heterocycles. The van der Waals surface area contributed by atoms with E-state index >= 15 is 0 Å². The van der Waals surface area contributed by atoms with Crippen LogP contribution < -0.4 is 0 Å². The van der Waals surface area contributed by atoms with Crippen LogP contribution in [0, 0.1) is 0 Å². The summed E-state index contributed by atoms with van der Waals surface area (Å²) in [5.41, 5.74) is 0. The van der Waals surface area contributed by atoms with E-state index in [1.165, 1.54) is 15.6 Å². The maximum Gasteiger partial charge on any atom is 0.0936 e. The van der Waals surface area contributed by atoms with Crippen molar-refractivity contribution in [3.8, 4) is 0 Å². The van der Waals surface area contributed by atoms with Crippen molar-refractivity contribution in [1.29, 1.82) is 0 Å². The van der Waals surface area contributed by atoms with E-state index < -0.39 is 0 Å². The number of thiazole rings is 1. The Balaban J connectivity index is 2.59. The molecule has 1 aromatic heterocycles. The van der Waals surface area contributed by atoms with E-state index in [1.807, 2.05) is 17.5 Å². The third-order valence-corrected chi connectivity index (χ3v) is 3.31. The Morgan fingerprint density at radius 2 is 2.50 bits per heavy atom. The zero-order valence-corrected chi connectivity index (χ0v) is 7.89. The first-order chi connectivity index (χ1) is 4.86. The fraction of sp³-hybridized carbons (Fsp3) is 0.571. The monoisotopic (exact) mass is 173 g/mol. The van der Waals surface area contributed by atoms with Crippen molar-refractivity contribution < 1.29 is 0 Å². The van der Waals surface area contributed by atoms with Crippen molar-refractivity contribution >= 4 is 23.1 Å². The highest BCUT2D eigenvalue weighted by Gasteiger charge is 1.97. The molecule has 0 radical (unpaired) electrons. The summed E-state index contributed by atoms with van der Waals surface area (Å²) >= 11 is 3.58. The molecular weight excluding hydrogens is 162 g/mol. The molecule has 0 atom stereocenters. The third-order valence-electron chi connectivity index (χ3n) is 1.20. The molecule has 1 nitrogen and oxygen atoms in total. The van der Waals surface area contributed by atoms with Gasteiger partial charge in [-0.05, 0) is 19.1 Å². The smallest absolute Gasteiger partial charge is 0.0936 e. The molecule has 1 heterocycles. The van der Waals surface area contributed by atoms with Gasteiger partial charge in [0.05, 0.1) is 15.4 Å². The van der Waals surface area contributed by atoms with Gasteiger partial charge < -0.3 is 0 Å². The maximum atomic E-state index is 4.27. The average molecular weight is 173 g/mol. The number of hydrogen-bond donors (Lipinski definition) is 0. The quantitative estimate of drug-likeness (QED) is 0.652. The van der Waals surface area contributed by atoms with Gasteiger partial charge in [-0.1, -0.05) is 6.92 Å². The minimum Gasteiger partial charge on any atom is -0.248 e. The second-order valence-electron chi connectivity index (χ2n) is 2.03. The van der Waals surface area contributed by atoms with E-state index in [0.717, 1.165) is 6.42 Å². The van der Waals surface area contributed by atoms with E-state index in [4.69, 9.17) is 0 Å². The van der Waals surface area contributed by atoms with Gasteiger partial charge in [0, 0.05) is 0 Å². The third kappa shape index (κ3) is 1.99. The zero-order chi connectivity index (χ0) is 7.40. The normalized spacial score (nSPS) is 10.2. The van der Waals surface area contributed by atoms with Crippen LogP contribution in [0.25, 0.3) is 0 Å². The van der Waals surface area contributed by atoms with Crippen molar-refractivity contribution in [1.82, 2.24) is 4.98 Å². The number of aromatic nitrogens is 1. The van der Waals surface area contributed by atoms with Crippen LogP contribution in [0.1, 0.15) is 18.4 Å². The molecule has 0 bridgehead atoms. The minimum atomic E-state index is 1.13. The summed E-state index contributed by atoms with van der Waals surface area (Å²) < 4.78 is 1.32. The molecule has 0 aliphatic carbocycles. The number of thioether (sulfide) groups is 1. The molecule has 0 unspecified atom stereocenters. The highest BCUT2D eigenvalue weighted by atomic mass is 32.2. The van der Waals surface area contributed by atoms with Gasteiger partial charge in [-0.15, -0.1) is 23.1 Å². The Hall–Kier alpha value is -0.0200. The van der Waals surface area contributed by atoms with Gasteiger partial charge in [-0.2, -0.15) is 0 Å². The Bertz CT molecular complexity index is 195. The summed E-state index contributed by atoms with van der Waals surface area (Å²) in [6.45, 7) is 2.18. The first-order valence-corrected chi connectivity index (χ1v) is 5.39. The molecule has 0 aromatic carbocycles. The molecule has 0 aliphatic heterocycles. The van der Waals surface area contributed by atoms with Gasteiger partial charge in [0.25, 0.3) is 0 Å². The van der Waals surface area contributed by atoms with Crippen molar-refractivity contribution in [2.24, 2.45) is 0 Å². The van der Waals surface area contributed by atoms with Crippen molar-refractivity contribution in [2.45, 2.75) is 24.0 Å². The van der Waals surface area contributed by atoms with Crippen molar-refractivity contribution in [3.05, 3.63) is 11.2 Å². The molecule has 3 heteroatoms. The van der Waals surface area contributed by atoms with Crippen LogP contribution in [0.5, 0.6) is 0 Å². The summed E-state index contributed by atoms with van der Waals surface area (Å²) in [5.74, 6) is 0. The Kier molecular flexibility index (Phi) is 3.22. The van der Waals surface area contributed by atoms with Gasteiger partial charge in [-0.3, -0.25) is 0 Å². The van der Waals surface area contributed by atoms with E-state index in [1.54, 1.807) is 11.8 Å². The molecule has 1 rings (SSSR count). The number of nitrogens with zero attached hydrogens (tertiary/aromatic N) is 1. The van der Waals surface area contributed by atoms with Crippen LogP contribution >= 0.6 is 23.1 Å². The molecular formula is C7H11NS2. The van der Waals surface area contributed by atoms with E-state index in [2.05, 4.69) is 18.2 Å². The minimum absolute atomic E-state index is 1.13. The van der Waals surface area contributed by atoms with E-state index in [9.17, 15) is 0 Å². The summed E-state index contributed by atoms with van der Waals surface area (Å²) in [6.07, 6.45) is 6.37. The fourth-order valence-electron chi connectivity index (χ4n) is 0.717. The van der Waals surface area contributed by atoms with Gasteiger partial charge in [-0.25, -0.2) is 4.98 Å². The summed E-state index contributed by atoms with van der Waals surface area (Å²) in [6, 6.07) is 0. The van der Waals surface area contributed by atoms with Crippen LogP contribution in [-0.2, 0) is 6.42 Å². The predicted molar refractivity (Wildman–Crippen MR) is 47.9 cm³/mol.